The number of carboxylic acid groups (broad SMARTS) is 1. The number of pyridine rings is 1. The normalized spacial score (nSPS) is 16.9. The van der Waals surface area contributed by atoms with Crippen molar-refractivity contribution in [3.05, 3.63) is 101 Å². The number of rotatable bonds is 7. The third-order valence-corrected chi connectivity index (χ3v) is 5.21. The molecule has 0 aliphatic carbocycles. The van der Waals surface area contributed by atoms with Gasteiger partial charge in [0.05, 0.1) is 17.4 Å². The lowest BCUT2D eigenvalue weighted by atomic mass is 10.0. The molecule has 0 spiro atoms. The van der Waals surface area contributed by atoms with Gasteiger partial charge in [-0.25, -0.2) is 4.79 Å². The van der Waals surface area contributed by atoms with E-state index in [4.69, 9.17) is 9.84 Å². The average molecular weight is 388 g/mol. The molecule has 5 nitrogen and oxygen atoms in total. The smallest absolute Gasteiger partial charge is 0.335 e. The number of hydrogen-bond donors (Lipinski definition) is 1. The van der Waals surface area contributed by atoms with Gasteiger partial charge in [-0.1, -0.05) is 60.7 Å². The number of carbonyl (C=O) groups is 1. The molecule has 1 saturated heterocycles. The first kappa shape index (κ1) is 19.3. The molecule has 0 bridgehead atoms. The summed E-state index contributed by atoms with van der Waals surface area (Å²) in [6.07, 6.45) is 2.51. The zero-order valence-corrected chi connectivity index (χ0v) is 16.1. The van der Waals surface area contributed by atoms with Crippen molar-refractivity contribution >= 4 is 5.97 Å². The molecule has 0 radical (unpaired) electrons. The zero-order chi connectivity index (χ0) is 20.1. The predicted molar refractivity (Wildman–Crippen MR) is 111 cm³/mol. The number of aromatic carboxylic acids is 1. The third-order valence-electron chi connectivity index (χ3n) is 5.21. The maximum atomic E-state index is 11.2. The van der Waals surface area contributed by atoms with Crippen LogP contribution in [0.5, 0.6) is 0 Å². The van der Waals surface area contributed by atoms with Crippen LogP contribution in [0.25, 0.3) is 0 Å². The van der Waals surface area contributed by atoms with Gasteiger partial charge in [0.2, 0.25) is 0 Å². The lowest BCUT2D eigenvalue weighted by Crippen LogP contribution is -2.25. The van der Waals surface area contributed by atoms with Gasteiger partial charge in [-0.3, -0.25) is 9.88 Å². The lowest BCUT2D eigenvalue weighted by Gasteiger charge is -2.23. The highest BCUT2D eigenvalue weighted by molar-refractivity contribution is 5.87. The number of carboxylic acids is 1. The van der Waals surface area contributed by atoms with E-state index in [1.165, 1.54) is 6.07 Å². The molecule has 148 valence electrons. The molecule has 0 saturated carbocycles. The van der Waals surface area contributed by atoms with Crippen LogP contribution in [-0.4, -0.2) is 40.2 Å². The van der Waals surface area contributed by atoms with Gasteiger partial charge < -0.3 is 9.84 Å². The molecule has 1 fully saturated rings. The van der Waals surface area contributed by atoms with E-state index in [2.05, 4.69) is 34.1 Å². The Morgan fingerprint density at radius 1 is 1.07 bits per heavy atom. The predicted octanol–water partition coefficient (Wildman–Crippen LogP) is 4.16. The molecule has 0 amide bonds. The Morgan fingerprint density at radius 2 is 1.72 bits per heavy atom. The van der Waals surface area contributed by atoms with Crippen LogP contribution in [-0.2, 0) is 11.3 Å². The van der Waals surface area contributed by atoms with Gasteiger partial charge in [0.15, 0.2) is 0 Å². The van der Waals surface area contributed by atoms with Crippen LogP contribution in [0.4, 0.5) is 0 Å². The van der Waals surface area contributed by atoms with E-state index in [9.17, 15) is 4.79 Å². The van der Waals surface area contributed by atoms with Crippen LogP contribution in [0.3, 0.4) is 0 Å². The van der Waals surface area contributed by atoms with Crippen molar-refractivity contribution in [1.29, 1.82) is 0 Å². The van der Waals surface area contributed by atoms with Gasteiger partial charge >= 0.3 is 5.97 Å². The van der Waals surface area contributed by atoms with E-state index in [-0.39, 0.29) is 17.8 Å². The monoisotopic (exact) mass is 388 g/mol. The Morgan fingerprint density at radius 3 is 2.34 bits per heavy atom. The van der Waals surface area contributed by atoms with E-state index in [1.807, 2.05) is 36.4 Å². The Labute approximate surface area is 170 Å². The fraction of sp³-hybridized carbons (Fsp3) is 0.250. The fourth-order valence-electron chi connectivity index (χ4n) is 3.78. The van der Waals surface area contributed by atoms with Crippen LogP contribution in [0, 0.1) is 0 Å². The van der Waals surface area contributed by atoms with Crippen molar-refractivity contribution in [3.8, 4) is 0 Å². The second-order valence-corrected chi connectivity index (χ2v) is 7.32. The first-order valence-corrected chi connectivity index (χ1v) is 9.85. The van der Waals surface area contributed by atoms with Crippen LogP contribution in [0.1, 0.15) is 39.7 Å². The molecular weight excluding hydrogens is 364 g/mol. The molecule has 5 heteroatoms. The summed E-state index contributed by atoms with van der Waals surface area (Å²) in [5.41, 5.74) is 3.34. The first-order valence-electron chi connectivity index (χ1n) is 9.85. The maximum absolute atomic E-state index is 11.2. The topological polar surface area (TPSA) is 62.7 Å². The van der Waals surface area contributed by atoms with Gasteiger partial charge in [-0.2, -0.15) is 0 Å². The number of aromatic nitrogens is 1. The van der Waals surface area contributed by atoms with Crippen molar-refractivity contribution in [3.63, 3.8) is 0 Å². The van der Waals surface area contributed by atoms with Crippen molar-refractivity contribution in [1.82, 2.24) is 9.88 Å². The quantitative estimate of drug-likeness (QED) is 0.658. The fourth-order valence-corrected chi connectivity index (χ4v) is 3.78. The molecule has 0 unspecified atom stereocenters. The summed E-state index contributed by atoms with van der Waals surface area (Å²) in [5, 5.41) is 9.17. The molecule has 1 aliphatic rings. The molecule has 3 aromatic rings. The molecule has 2 aromatic carbocycles. The number of benzene rings is 2. The Hall–Kier alpha value is -3.02. The molecule has 1 aliphatic heterocycles. The van der Waals surface area contributed by atoms with Crippen molar-refractivity contribution in [2.75, 3.05) is 13.1 Å². The summed E-state index contributed by atoms with van der Waals surface area (Å²) < 4.78 is 6.56. The van der Waals surface area contributed by atoms with Gasteiger partial charge in [0, 0.05) is 25.8 Å². The first-order chi connectivity index (χ1) is 14.2. The highest BCUT2D eigenvalue weighted by Gasteiger charge is 2.27. The highest BCUT2D eigenvalue weighted by atomic mass is 16.5. The Balaban J connectivity index is 1.44. The van der Waals surface area contributed by atoms with Gasteiger partial charge in [0.25, 0.3) is 0 Å². The van der Waals surface area contributed by atoms with E-state index >= 15 is 0 Å². The molecule has 2 heterocycles. The minimum atomic E-state index is -0.926. The van der Waals surface area contributed by atoms with Gasteiger partial charge in [0.1, 0.15) is 6.10 Å². The molecular formula is C24H24N2O3. The van der Waals surface area contributed by atoms with E-state index < -0.39 is 5.97 Å². The lowest BCUT2D eigenvalue weighted by molar-refractivity contribution is 0.0138. The maximum Gasteiger partial charge on any atom is 0.335 e. The molecule has 1 atom stereocenters. The van der Waals surface area contributed by atoms with E-state index in [0.717, 1.165) is 36.3 Å². The Kier molecular flexibility index (Phi) is 5.98. The molecule has 1 N–H and O–H groups in total. The largest absolute Gasteiger partial charge is 0.478 e. The minimum absolute atomic E-state index is 0.101. The molecule has 1 aromatic heterocycles. The molecule has 4 rings (SSSR count). The van der Waals surface area contributed by atoms with Crippen molar-refractivity contribution in [2.24, 2.45) is 0 Å². The van der Waals surface area contributed by atoms with Gasteiger partial charge in [-0.15, -0.1) is 0 Å². The summed E-state index contributed by atoms with van der Waals surface area (Å²) >= 11 is 0. The number of hydrogen-bond acceptors (Lipinski definition) is 4. The van der Waals surface area contributed by atoms with Crippen LogP contribution >= 0.6 is 0 Å². The zero-order valence-electron chi connectivity index (χ0n) is 16.1. The van der Waals surface area contributed by atoms with E-state index in [1.54, 1.807) is 12.3 Å². The second-order valence-electron chi connectivity index (χ2n) is 7.32. The average Bonchev–Trinajstić information content (AvgIpc) is 3.20. The van der Waals surface area contributed by atoms with Gasteiger partial charge in [-0.05, 0) is 29.7 Å². The summed E-state index contributed by atoms with van der Waals surface area (Å²) in [4.78, 5) is 17.8. The highest BCUT2D eigenvalue weighted by Crippen LogP contribution is 2.30. The molecule has 29 heavy (non-hydrogen) atoms. The summed E-state index contributed by atoms with van der Waals surface area (Å²) in [6.45, 7) is 2.33. The summed E-state index contributed by atoms with van der Waals surface area (Å²) in [5.74, 6) is -0.926. The number of ether oxygens (including phenoxy) is 1. The second kappa shape index (κ2) is 8.99. The summed E-state index contributed by atoms with van der Waals surface area (Å²) in [7, 11) is 0. The Bertz CT molecular complexity index is 907. The SMILES string of the molecule is O=C(O)c1ccnc(CN2CC[C@@H](OC(c3ccccc3)c3ccccc3)C2)c1. The van der Waals surface area contributed by atoms with Crippen LogP contribution < -0.4 is 0 Å². The third kappa shape index (κ3) is 4.88. The number of likely N-dealkylation sites (tertiary alicyclic amines) is 1. The summed E-state index contributed by atoms with van der Waals surface area (Å²) in [6, 6.07) is 23.8. The van der Waals surface area contributed by atoms with Crippen LogP contribution in [0.2, 0.25) is 0 Å². The number of nitrogens with zero attached hydrogens (tertiary/aromatic N) is 2. The van der Waals surface area contributed by atoms with E-state index in [0.29, 0.717) is 6.54 Å². The van der Waals surface area contributed by atoms with Crippen molar-refractivity contribution in [2.45, 2.75) is 25.2 Å². The standard InChI is InChI=1S/C24H24N2O3/c27-24(28)20-11-13-25-21(15-20)16-26-14-12-22(17-26)29-23(18-7-3-1-4-8-18)19-9-5-2-6-10-19/h1-11,13,15,22-23H,12,14,16-17H2,(H,27,28)/t22-/m1/s1. The minimum Gasteiger partial charge on any atom is -0.478 e. The van der Waals surface area contributed by atoms with Crippen LogP contribution in [0.15, 0.2) is 79.0 Å². The van der Waals surface area contributed by atoms with Crippen molar-refractivity contribution < 1.29 is 14.6 Å².